The average Bonchev–Trinajstić information content (AvgIpc) is 2.53. The lowest BCUT2D eigenvalue weighted by Gasteiger charge is -2.06. The third-order valence-corrected chi connectivity index (χ3v) is 3.37. The van der Waals surface area contributed by atoms with Crippen LogP contribution in [0.2, 0.25) is 5.02 Å². The molecule has 0 bridgehead atoms. The number of nitro groups is 1. The normalized spacial score (nSPS) is 11.1. The van der Waals surface area contributed by atoms with Gasteiger partial charge in [-0.2, -0.15) is 5.10 Å². The third-order valence-electron chi connectivity index (χ3n) is 3.05. The largest absolute Gasteiger partial charge is 0.478 e. The van der Waals surface area contributed by atoms with E-state index in [1.54, 1.807) is 25.1 Å². The molecule has 0 atom stereocenters. The summed E-state index contributed by atoms with van der Waals surface area (Å²) in [4.78, 5) is 21.2. The first-order chi connectivity index (χ1) is 10.9. The number of aromatic carboxylic acids is 1. The molecule has 0 aromatic heterocycles. The predicted molar refractivity (Wildman–Crippen MR) is 87.3 cm³/mol. The number of benzene rings is 2. The molecular formula is C15H12ClN3O4. The van der Waals surface area contributed by atoms with Crippen molar-refractivity contribution in [2.75, 3.05) is 5.43 Å². The highest BCUT2D eigenvalue weighted by atomic mass is 35.5. The number of nitro benzene ring substituents is 1. The highest BCUT2D eigenvalue weighted by Crippen LogP contribution is 2.21. The van der Waals surface area contributed by atoms with Crippen LogP contribution in [-0.2, 0) is 0 Å². The van der Waals surface area contributed by atoms with Crippen LogP contribution in [-0.4, -0.2) is 21.7 Å². The Kier molecular flexibility index (Phi) is 4.92. The molecular weight excluding hydrogens is 322 g/mol. The van der Waals surface area contributed by atoms with Crippen LogP contribution >= 0.6 is 11.6 Å². The lowest BCUT2D eigenvalue weighted by molar-refractivity contribution is -0.384. The summed E-state index contributed by atoms with van der Waals surface area (Å²) in [6.07, 6.45) is 0. The van der Waals surface area contributed by atoms with Gasteiger partial charge in [0.15, 0.2) is 0 Å². The van der Waals surface area contributed by atoms with Gasteiger partial charge in [0.05, 0.1) is 26.9 Å². The summed E-state index contributed by atoms with van der Waals surface area (Å²) >= 11 is 5.79. The maximum Gasteiger partial charge on any atom is 0.337 e. The quantitative estimate of drug-likeness (QED) is 0.492. The third kappa shape index (κ3) is 4.04. The zero-order chi connectivity index (χ0) is 17.0. The molecule has 7 nitrogen and oxygen atoms in total. The number of hydrogen-bond donors (Lipinski definition) is 2. The first-order valence-electron chi connectivity index (χ1n) is 6.46. The zero-order valence-electron chi connectivity index (χ0n) is 12.0. The highest BCUT2D eigenvalue weighted by molar-refractivity contribution is 6.33. The van der Waals surface area contributed by atoms with Gasteiger partial charge in [-0.05, 0) is 42.8 Å². The van der Waals surface area contributed by atoms with Gasteiger partial charge in [0, 0.05) is 12.1 Å². The Hall–Kier alpha value is -2.93. The van der Waals surface area contributed by atoms with Crippen LogP contribution in [0.1, 0.15) is 22.8 Å². The molecule has 0 unspecified atom stereocenters. The van der Waals surface area contributed by atoms with E-state index in [1.165, 1.54) is 24.3 Å². The molecule has 0 aliphatic rings. The standard InChI is InChI=1S/C15H12ClN3O4/c1-9(10-2-5-12(6-3-10)19(22)23)17-18-11-4-7-14(16)13(8-11)15(20)21/h2-8,18H,1H3,(H,20,21). The topological polar surface area (TPSA) is 105 Å². The number of anilines is 1. The second-order valence-electron chi connectivity index (χ2n) is 4.61. The Labute approximate surface area is 136 Å². The van der Waals surface area contributed by atoms with Crippen molar-refractivity contribution in [3.05, 3.63) is 68.7 Å². The molecule has 8 heteroatoms. The lowest BCUT2D eigenvalue weighted by Crippen LogP contribution is -2.02. The van der Waals surface area contributed by atoms with Crippen LogP contribution in [0, 0.1) is 10.1 Å². The van der Waals surface area contributed by atoms with E-state index < -0.39 is 10.9 Å². The Morgan fingerprint density at radius 2 is 1.91 bits per heavy atom. The summed E-state index contributed by atoms with van der Waals surface area (Å²) in [5, 5.41) is 23.9. The monoisotopic (exact) mass is 333 g/mol. The number of rotatable bonds is 5. The minimum atomic E-state index is -1.13. The minimum Gasteiger partial charge on any atom is -0.478 e. The number of carboxylic acids is 1. The Balaban J connectivity index is 2.17. The smallest absolute Gasteiger partial charge is 0.337 e. The molecule has 2 aromatic rings. The molecule has 0 radical (unpaired) electrons. The van der Waals surface area contributed by atoms with E-state index in [4.69, 9.17) is 16.7 Å². The van der Waals surface area contributed by atoms with Crippen molar-refractivity contribution < 1.29 is 14.8 Å². The molecule has 118 valence electrons. The number of halogens is 1. The summed E-state index contributed by atoms with van der Waals surface area (Å²) in [5.74, 6) is -1.13. The van der Waals surface area contributed by atoms with E-state index >= 15 is 0 Å². The summed E-state index contributed by atoms with van der Waals surface area (Å²) < 4.78 is 0. The fourth-order valence-electron chi connectivity index (χ4n) is 1.80. The van der Waals surface area contributed by atoms with Crippen molar-refractivity contribution in [2.24, 2.45) is 5.10 Å². The summed E-state index contributed by atoms with van der Waals surface area (Å²) in [7, 11) is 0. The van der Waals surface area contributed by atoms with Crippen molar-refractivity contribution >= 4 is 34.7 Å². The molecule has 0 spiro atoms. The van der Waals surface area contributed by atoms with Gasteiger partial charge < -0.3 is 5.11 Å². The molecule has 0 aliphatic carbocycles. The predicted octanol–water partition coefficient (Wildman–Crippen LogP) is 3.78. The van der Waals surface area contributed by atoms with Crippen LogP contribution < -0.4 is 5.43 Å². The summed E-state index contributed by atoms with van der Waals surface area (Å²) in [6, 6.07) is 10.4. The summed E-state index contributed by atoms with van der Waals surface area (Å²) in [6.45, 7) is 1.72. The molecule has 0 saturated carbocycles. The van der Waals surface area contributed by atoms with Gasteiger partial charge in [0.25, 0.3) is 5.69 Å². The van der Waals surface area contributed by atoms with E-state index in [1.807, 2.05) is 0 Å². The maximum absolute atomic E-state index is 11.0. The number of hydrazone groups is 1. The second kappa shape index (κ2) is 6.89. The molecule has 23 heavy (non-hydrogen) atoms. The lowest BCUT2D eigenvalue weighted by atomic mass is 10.1. The van der Waals surface area contributed by atoms with Crippen molar-refractivity contribution in [3.63, 3.8) is 0 Å². The molecule has 0 aliphatic heterocycles. The Bertz CT molecular complexity index is 788. The van der Waals surface area contributed by atoms with Crippen LogP contribution in [0.4, 0.5) is 11.4 Å². The maximum atomic E-state index is 11.0. The van der Waals surface area contributed by atoms with Crippen molar-refractivity contribution in [1.29, 1.82) is 0 Å². The van der Waals surface area contributed by atoms with Gasteiger partial charge in [-0.25, -0.2) is 4.79 Å². The zero-order valence-corrected chi connectivity index (χ0v) is 12.7. The summed E-state index contributed by atoms with van der Waals surface area (Å²) in [5.41, 5.74) is 4.46. The highest BCUT2D eigenvalue weighted by Gasteiger charge is 2.09. The second-order valence-corrected chi connectivity index (χ2v) is 5.02. The average molecular weight is 334 g/mol. The van der Waals surface area contributed by atoms with Crippen LogP contribution in [0.25, 0.3) is 0 Å². The van der Waals surface area contributed by atoms with Crippen LogP contribution in [0.15, 0.2) is 47.6 Å². The number of nitrogens with zero attached hydrogens (tertiary/aromatic N) is 2. The molecule has 2 N–H and O–H groups in total. The first kappa shape index (κ1) is 16.4. The van der Waals surface area contributed by atoms with E-state index in [9.17, 15) is 14.9 Å². The number of hydrogen-bond acceptors (Lipinski definition) is 5. The van der Waals surface area contributed by atoms with Crippen molar-refractivity contribution in [3.8, 4) is 0 Å². The van der Waals surface area contributed by atoms with Crippen molar-refractivity contribution in [2.45, 2.75) is 6.92 Å². The molecule has 0 heterocycles. The van der Waals surface area contributed by atoms with E-state index in [0.717, 1.165) is 0 Å². The number of nitrogens with one attached hydrogen (secondary N) is 1. The number of carboxylic acid groups (broad SMARTS) is 1. The SMILES string of the molecule is CC(=NNc1ccc(Cl)c(C(=O)O)c1)c1ccc([N+](=O)[O-])cc1. The first-order valence-corrected chi connectivity index (χ1v) is 6.84. The molecule has 0 saturated heterocycles. The fourth-order valence-corrected chi connectivity index (χ4v) is 1.99. The van der Waals surface area contributed by atoms with Gasteiger partial charge in [-0.3, -0.25) is 15.5 Å². The van der Waals surface area contributed by atoms with Gasteiger partial charge in [-0.15, -0.1) is 0 Å². The number of carbonyl (C=O) groups is 1. The molecule has 0 amide bonds. The van der Waals surface area contributed by atoms with Crippen LogP contribution in [0.5, 0.6) is 0 Å². The molecule has 2 aromatic carbocycles. The van der Waals surface area contributed by atoms with Gasteiger partial charge >= 0.3 is 5.97 Å². The van der Waals surface area contributed by atoms with E-state index in [-0.39, 0.29) is 16.3 Å². The molecule has 0 fully saturated rings. The van der Waals surface area contributed by atoms with Gasteiger partial charge in [0.1, 0.15) is 0 Å². The van der Waals surface area contributed by atoms with E-state index in [2.05, 4.69) is 10.5 Å². The molecule has 2 rings (SSSR count). The number of non-ortho nitro benzene ring substituents is 1. The fraction of sp³-hybridized carbons (Fsp3) is 0.0667. The minimum absolute atomic E-state index is 0.00156. The Morgan fingerprint density at radius 1 is 1.26 bits per heavy atom. The Morgan fingerprint density at radius 3 is 2.48 bits per heavy atom. The van der Waals surface area contributed by atoms with Gasteiger partial charge in [-0.1, -0.05) is 11.6 Å². The van der Waals surface area contributed by atoms with Crippen molar-refractivity contribution in [1.82, 2.24) is 0 Å². The van der Waals surface area contributed by atoms with Crippen LogP contribution in [0.3, 0.4) is 0 Å². The van der Waals surface area contributed by atoms with Gasteiger partial charge in [0.2, 0.25) is 0 Å². The van der Waals surface area contributed by atoms with E-state index in [0.29, 0.717) is 17.0 Å².